The van der Waals surface area contributed by atoms with Gasteiger partial charge in [0, 0.05) is 5.02 Å². The Balaban J connectivity index is 3.17. The predicted molar refractivity (Wildman–Crippen MR) is 36.1 cm³/mol. The zero-order valence-electron chi connectivity index (χ0n) is 4.99. The number of halogens is 2. The Morgan fingerprint density at radius 1 is 1.33 bits per heavy atom. The van der Waals surface area contributed by atoms with E-state index >= 15 is 0 Å². The highest BCUT2D eigenvalue weighted by molar-refractivity contribution is 6.30. The van der Waals surface area contributed by atoms with Gasteiger partial charge in [0.25, 0.3) is 0 Å². The maximum absolute atomic E-state index is 12.3. The van der Waals surface area contributed by atoms with E-state index in [1.165, 1.54) is 12.1 Å². The van der Waals surface area contributed by atoms with Crippen molar-refractivity contribution in [3.63, 3.8) is 0 Å². The second-order valence-electron chi connectivity index (χ2n) is 1.95. The normalized spacial score (nSPS) is 9.67. The Morgan fingerprint density at radius 3 is 2.44 bits per heavy atom. The maximum atomic E-state index is 12.3. The molecule has 1 aromatic carbocycles. The summed E-state index contributed by atoms with van der Waals surface area (Å²) >= 11 is 5.51. The molecule has 1 aromatic rings. The Labute approximate surface area is 58.3 Å². The summed E-state index contributed by atoms with van der Waals surface area (Å²) in [6.45, 7) is 1.80. The van der Waals surface area contributed by atoms with Crippen LogP contribution in [0.2, 0.25) is 5.02 Å². The number of aryl methyl sites for hydroxylation is 1. The molecule has 0 fully saturated rings. The first-order valence-electron chi connectivity index (χ1n) is 2.61. The molecule has 0 bridgehead atoms. The van der Waals surface area contributed by atoms with Gasteiger partial charge in [-0.1, -0.05) is 11.6 Å². The lowest BCUT2D eigenvalue weighted by Gasteiger charge is -1.92. The molecule has 0 aliphatic carbocycles. The van der Waals surface area contributed by atoms with Crippen molar-refractivity contribution >= 4 is 11.6 Å². The van der Waals surface area contributed by atoms with E-state index in [1.54, 1.807) is 13.0 Å². The molecule has 0 saturated carbocycles. The van der Waals surface area contributed by atoms with Crippen molar-refractivity contribution in [1.29, 1.82) is 0 Å². The molecule has 48 valence electrons. The Kier molecular flexibility index (Phi) is 1.72. The van der Waals surface area contributed by atoms with Crippen molar-refractivity contribution in [2.24, 2.45) is 0 Å². The van der Waals surface area contributed by atoms with Gasteiger partial charge in [-0.15, -0.1) is 0 Å². The molecule has 9 heavy (non-hydrogen) atoms. The summed E-state index contributed by atoms with van der Waals surface area (Å²) < 4.78 is 12.3. The van der Waals surface area contributed by atoms with Crippen molar-refractivity contribution in [1.82, 2.24) is 0 Å². The fourth-order valence-electron chi connectivity index (χ4n) is 0.692. The molecule has 0 aromatic heterocycles. The van der Waals surface area contributed by atoms with Crippen LogP contribution in [0, 0.1) is 12.7 Å². The minimum atomic E-state index is -0.278. The zero-order valence-corrected chi connectivity index (χ0v) is 5.74. The van der Waals surface area contributed by atoms with Crippen molar-refractivity contribution in [2.45, 2.75) is 6.92 Å². The summed E-state index contributed by atoms with van der Waals surface area (Å²) in [5, 5.41) is 0.451. The maximum Gasteiger partial charge on any atom is 0.124 e. The number of benzene rings is 1. The van der Waals surface area contributed by atoms with Gasteiger partial charge in [-0.3, -0.25) is 0 Å². The minimum absolute atomic E-state index is 0.278. The number of hydrogen-bond acceptors (Lipinski definition) is 0. The molecule has 0 N–H and O–H groups in total. The van der Waals surface area contributed by atoms with E-state index in [-0.39, 0.29) is 5.82 Å². The van der Waals surface area contributed by atoms with Crippen molar-refractivity contribution in [3.05, 3.63) is 34.6 Å². The predicted octanol–water partition coefficient (Wildman–Crippen LogP) is 2.79. The lowest BCUT2D eigenvalue weighted by atomic mass is 10.2. The van der Waals surface area contributed by atoms with Gasteiger partial charge < -0.3 is 0 Å². The van der Waals surface area contributed by atoms with Crippen molar-refractivity contribution in [3.8, 4) is 0 Å². The summed E-state index contributed by atoms with van der Waals surface area (Å²) in [5.41, 5.74) is 0.847. The van der Waals surface area contributed by atoms with Crippen molar-refractivity contribution in [2.75, 3.05) is 0 Å². The van der Waals surface area contributed by atoms with Gasteiger partial charge in [0.15, 0.2) is 0 Å². The highest BCUT2D eigenvalue weighted by Gasteiger charge is 1.92. The van der Waals surface area contributed by atoms with E-state index < -0.39 is 0 Å². The fourth-order valence-corrected chi connectivity index (χ4v) is 0.968. The topological polar surface area (TPSA) is 0 Å². The lowest BCUT2D eigenvalue weighted by Crippen LogP contribution is -1.75. The number of hydrogen-bond donors (Lipinski definition) is 0. The van der Waals surface area contributed by atoms with Crippen LogP contribution < -0.4 is 0 Å². The molecule has 0 heterocycles. The van der Waals surface area contributed by atoms with Crippen LogP contribution in [0.25, 0.3) is 0 Å². The largest absolute Gasteiger partial charge is 0.207 e. The Hall–Kier alpha value is -0.560. The number of rotatable bonds is 0. The molecule has 0 amide bonds. The minimum Gasteiger partial charge on any atom is -0.207 e. The Bertz CT molecular complexity index is 170. The van der Waals surface area contributed by atoms with Crippen LogP contribution in [-0.2, 0) is 0 Å². The van der Waals surface area contributed by atoms with Crippen LogP contribution in [0.5, 0.6) is 0 Å². The van der Waals surface area contributed by atoms with E-state index in [0.717, 1.165) is 5.56 Å². The second-order valence-corrected chi connectivity index (χ2v) is 2.38. The van der Waals surface area contributed by atoms with Crippen LogP contribution in [0.3, 0.4) is 0 Å². The second kappa shape index (κ2) is 2.36. The molecule has 0 aliphatic heterocycles. The average molecular weight is 145 g/mol. The van der Waals surface area contributed by atoms with E-state index in [9.17, 15) is 4.39 Å². The van der Waals surface area contributed by atoms with Crippen LogP contribution in [-0.4, -0.2) is 0 Å². The molecule has 0 radical (unpaired) electrons. The summed E-state index contributed by atoms with van der Waals surface area (Å²) in [5.74, 6) is -0.278. The third-order valence-electron chi connectivity index (χ3n) is 1.01. The molecule has 0 aliphatic rings. The standard InChI is InChI=1S/C7H6ClF/c1-5-2-6(8)4-7(9)3-5/h2-4H,1H3. The monoisotopic (exact) mass is 144 g/mol. The quantitative estimate of drug-likeness (QED) is 0.525. The van der Waals surface area contributed by atoms with Gasteiger partial charge in [-0.2, -0.15) is 0 Å². The molecule has 0 unspecified atom stereocenters. The highest BCUT2D eigenvalue weighted by atomic mass is 35.5. The SMILES string of the molecule is Cc1cc(F)cc(Cl)c1. The van der Waals surface area contributed by atoms with Gasteiger partial charge in [0.05, 0.1) is 0 Å². The zero-order chi connectivity index (χ0) is 6.85. The van der Waals surface area contributed by atoms with Gasteiger partial charge in [-0.25, -0.2) is 4.39 Å². The molecule has 0 atom stereocenters. The van der Waals surface area contributed by atoms with Crippen LogP contribution >= 0.6 is 11.6 Å². The van der Waals surface area contributed by atoms with Crippen LogP contribution in [0.15, 0.2) is 18.2 Å². The summed E-state index contributed by atoms with van der Waals surface area (Å²) in [6.07, 6.45) is 0. The van der Waals surface area contributed by atoms with E-state index in [0.29, 0.717) is 5.02 Å². The van der Waals surface area contributed by atoms with Crippen molar-refractivity contribution < 1.29 is 4.39 Å². The van der Waals surface area contributed by atoms with Crippen LogP contribution in [0.1, 0.15) is 5.56 Å². The van der Waals surface area contributed by atoms with E-state index in [4.69, 9.17) is 11.6 Å². The van der Waals surface area contributed by atoms with Gasteiger partial charge in [0.1, 0.15) is 5.82 Å². The first-order valence-corrected chi connectivity index (χ1v) is 2.99. The average Bonchev–Trinajstić information content (AvgIpc) is 1.59. The summed E-state index contributed by atoms with van der Waals surface area (Å²) in [6, 6.07) is 4.44. The summed E-state index contributed by atoms with van der Waals surface area (Å²) in [7, 11) is 0. The van der Waals surface area contributed by atoms with E-state index in [2.05, 4.69) is 0 Å². The molecule has 2 heteroatoms. The third-order valence-corrected chi connectivity index (χ3v) is 1.23. The smallest absolute Gasteiger partial charge is 0.124 e. The van der Waals surface area contributed by atoms with Gasteiger partial charge in [0.2, 0.25) is 0 Å². The van der Waals surface area contributed by atoms with Crippen LogP contribution in [0.4, 0.5) is 4.39 Å². The molecular weight excluding hydrogens is 139 g/mol. The molecule has 0 saturated heterocycles. The molecule has 1 rings (SSSR count). The first-order chi connectivity index (χ1) is 4.18. The van der Waals surface area contributed by atoms with Gasteiger partial charge >= 0.3 is 0 Å². The molecular formula is C7H6ClF. The van der Waals surface area contributed by atoms with Gasteiger partial charge in [-0.05, 0) is 30.7 Å². The summed E-state index contributed by atoms with van der Waals surface area (Å²) in [4.78, 5) is 0. The highest BCUT2D eigenvalue weighted by Crippen LogP contribution is 2.12. The third kappa shape index (κ3) is 1.68. The lowest BCUT2D eigenvalue weighted by molar-refractivity contribution is 0.627. The van der Waals surface area contributed by atoms with E-state index in [1.807, 2.05) is 0 Å². The molecule has 0 nitrogen and oxygen atoms in total. The molecule has 0 spiro atoms. The Morgan fingerprint density at radius 2 is 2.00 bits per heavy atom. The fraction of sp³-hybridized carbons (Fsp3) is 0.143. The first kappa shape index (κ1) is 6.56.